The van der Waals surface area contributed by atoms with Crippen LogP contribution in [0.25, 0.3) is 0 Å². The van der Waals surface area contributed by atoms with E-state index in [9.17, 15) is 8.42 Å². The quantitative estimate of drug-likeness (QED) is 0.262. The van der Waals surface area contributed by atoms with Crippen LogP contribution in [0.5, 0.6) is 0 Å². The second-order valence-corrected chi connectivity index (χ2v) is 5.67. The van der Waals surface area contributed by atoms with E-state index < -0.39 is 10.0 Å². The van der Waals surface area contributed by atoms with Gasteiger partial charge in [0, 0.05) is 26.3 Å². The average Bonchev–Trinajstić information content (AvgIpc) is 2.38. The smallest absolute Gasteiger partial charge is 0.208 e. The highest BCUT2D eigenvalue weighted by Crippen LogP contribution is 1.91. The van der Waals surface area contributed by atoms with Crippen LogP contribution in [-0.4, -0.2) is 45.8 Å². The fraction of sp³-hybridized carbons (Fsp3) is 0.455. The zero-order valence-electron chi connectivity index (χ0n) is 11.5. The van der Waals surface area contributed by atoms with Gasteiger partial charge in [0.25, 0.3) is 0 Å². The lowest BCUT2D eigenvalue weighted by atomic mass is 10.3. The number of aromatic nitrogens is 1. The van der Waals surface area contributed by atoms with Crippen LogP contribution in [0.4, 0.5) is 0 Å². The van der Waals surface area contributed by atoms with Gasteiger partial charge in [-0.3, -0.25) is 9.98 Å². The molecule has 1 aromatic rings. The molecule has 1 heterocycles. The van der Waals surface area contributed by atoms with E-state index in [1.165, 1.54) is 0 Å². The van der Waals surface area contributed by atoms with Crippen molar-refractivity contribution < 1.29 is 8.42 Å². The first kappa shape index (κ1) is 19.1. The molecule has 0 spiro atoms. The van der Waals surface area contributed by atoms with Gasteiger partial charge in [0.15, 0.2) is 5.96 Å². The molecular formula is C11H20IN5O2S. The van der Waals surface area contributed by atoms with E-state index in [-0.39, 0.29) is 24.0 Å². The summed E-state index contributed by atoms with van der Waals surface area (Å²) in [6.45, 7) is 1.32. The largest absolute Gasteiger partial charge is 0.355 e. The first-order valence-corrected chi connectivity index (χ1v) is 7.69. The Morgan fingerprint density at radius 3 is 2.60 bits per heavy atom. The minimum absolute atomic E-state index is 0. The van der Waals surface area contributed by atoms with Crippen LogP contribution in [0, 0.1) is 0 Å². The van der Waals surface area contributed by atoms with Gasteiger partial charge in [-0.05, 0) is 12.1 Å². The fourth-order valence-corrected chi connectivity index (χ4v) is 1.79. The lowest BCUT2D eigenvalue weighted by molar-refractivity contribution is 0.586. The molecule has 0 atom stereocenters. The summed E-state index contributed by atoms with van der Waals surface area (Å²) in [5.74, 6) is 0.598. The Balaban J connectivity index is 0.00000361. The third kappa shape index (κ3) is 9.04. The van der Waals surface area contributed by atoms with Crippen LogP contribution in [0.15, 0.2) is 29.4 Å². The summed E-state index contributed by atoms with van der Waals surface area (Å²) < 4.78 is 24.1. The molecule has 3 N–H and O–H groups in total. The molecule has 0 radical (unpaired) electrons. The molecular weight excluding hydrogens is 393 g/mol. The Labute approximate surface area is 136 Å². The number of hydrogen-bond donors (Lipinski definition) is 3. The van der Waals surface area contributed by atoms with E-state index in [1.807, 2.05) is 18.2 Å². The maximum Gasteiger partial charge on any atom is 0.208 e. The lowest BCUT2D eigenvalue weighted by Crippen LogP contribution is -2.41. The molecule has 7 nitrogen and oxygen atoms in total. The SMILES string of the molecule is CN=C(NCCNS(C)(=O)=O)NCc1ccccn1.I. The molecule has 0 saturated heterocycles. The first-order chi connectivity index (χ1) is 9.01. The Morgan fingerprint density at radius 1 is 1.30 bits per heavy atom. The van der Waals surface area contributed by atoms with Crippen LogP contribution in [0.1, 0.15) is 5.69 Å². The highest BCUT2D eigenvalue weighted by Gasteiger charge is 2.01. The van der Waals surface area contributed by atoms with E-state index in [1.54, 1.807) is 13.2 Å². The van der Waals surface area contributed by atoms with Crippen molar-refractivity contribution in [1.29, 1.82) is 0 Å². The zero-order chi connectivity index (χ0) is 14.1. The van der Waals surface area contributed by atoms with Crippen LogP contribution in [-0.2, 0) is 16.6 Å². The van der Waals surface area contributed by atoms with Crippen LogP contribution in [0.2, 0.25) is 0 Å². The molecule has 0 aliphatic rings. The molecule has 0 aliphatic carbocycles. The molecule has 0 bridgehead atoms. The fourth-order valence-electron chi connectivity index (χ4n) is 1.31. The van der Waals surface area contributed by atoms with Gasteiger partial charge in [-0.25, -0.2) is 13.1 Å². The summed E-state index contributed by atoms with van der Waals surface area (Å²) in [6, 6.07) is 5.68. The molecule has 114 valence electrons. The van der Waals surface area contributed by atoms with Crippen molar-refractivity contribution in [2.24, 2.45) is 4.99 Å². The molecule has 1 aromatic heterocycles. The summed E-state index contributed by atoms with van der Waals surface area (Å²) in [6.07, 6.45) is 2.85. The summed E-state index contributed by atoms with van der Waals surface area (Å²) in [4.78, 5) is 8.20. The Morgan fingerprint density at radius 2 is 2.05 bits per heavy atom. The number of aliphatic imine (C=N–C) groups is 1. The van der Waals surface area contributed by atoms with Crippen LogP contribution >= 0.6 is 24.0 Å². The van der Waals surface area contributed by atoms with E-state index in [0.717, 1.165) is 11.9 Å². The van der Waals surface area contributed by atoms with Crippen molar-refractivity contribution >= 4 is 40.0 Å². The third-order valence-corrected chi connectivity index (χ3v) is 2.90. The monoisotopic (exact) mass is 413 g/mol. The normalized spacial score (nSPS) is 11.6. The van der Waals surface area contributed by atoms with Gasteiger partial charge in [0.05, 0.1) is 18.5 Å². The van der Waals surface area contributed by atoms with Crippen molar-refractivity contribution in [3.63, 3.8) is 0 Å². The molecule has 0 unspecified atom stereocenters. The number of guanidine groups is 1. The van der Waals surface area contributed by atoms with Crippen molar-refractivity contribution in [1.82, 2.24) is 20.3 Å². The van der Waals surface area contributed by atoms with Gasteiger partial charge in [-0.1, -0.05) is 6.07 Å². The summed E-state index contributed by atoms with van der Waals surface area (Å²) in [5, 5.41) is 6.08. The summed E-state index contributed by atoms with van der Waals surface area (Å²) >= 11 is 0. The predicted molar refractivity (Wildman–Crippen MR) is 90.7 cm³/mol. The molecule has 0 amide bonds. The molecule has 0 aromatic carbocycles. The highest BCUT2D eigenvalue weighted by atomic mass is 127. The van der Waals surface area contributed by atoms with Crippen molar-refractivity contribution in [2.75, 3.05) is 26.4 Å². The summed E-state index contributed by atoms with van der Waals surface area (Å²) in [7, 11) is -1.49. The van der Waals surface area contributed by atoms with Crippen molar-refractivity contribution in [3.8, 4) is 0 Å². The van der Waals surface area contributed by atoms with Crippen LogP contribution < -0.4 is 15.4 Å². The topological polar surface area (TPSA) is 95.5 Å². The maximum atomic E-state index is 10.9. The number of halogens is 1. The van der Waals surface area contributed by atoms with E-state index >= 15 is 0 Å². The van der Waals surface area contributed by atoms with Gasteiger partial charge in [0.2, 0.25) is 10.0 Å². The standard InChI is InChI=1S/C11H19N5O2S.HI/c1-12-11(14-7-8-16-19(2,17)18)15-9-10-5-3-4-6-13-10;/h3-6,16H,7-9H2,1-2H3,(H2,12,14,15);1H. The van der Waals surface area contributed by atoms with E-state index in [2.05, 4.69) is 25.3 Å². The van der Waals surface area contributed by atoms with E-state index in [0.29, 0.717) is 25.6 Å². The second-order valence-electron chi connectivity index (χ2n) is 3.84. The Hall–Kier alpha value is -0.940. The molecule has 20 heavy (non-hydrogen) atoms. The third-order valence-electron chi connectivity index (χ3n) is 2.17. The number of nitrogens with one attached hydrogen (secondary N) is 3. The van der Waals surface area contributed by atoms with Crippen LogP contribution in [0.3, 0.4) is 0 Å². The molecule has 9 heteroatoms. The van der Waals surface area contributed by atoms with Crippen molar-refractivity contribution in [3.05, 3.63) is 30.1 Å². The maximum absolute atomic E-state index is 10.9. The number of pyridine rings is 1. The number of sulfonamides is 1. The van der Waals surface area contributed by atoms with Gasteiger partial charge >= 0.3 is 0 Å². The first-order valence-electron chi connectivity index (χ1n) is 5.80. The Bertz CT molecular complexity index is 507. The van der Waals surface area contributed by atoms with Gasteiger partial charge in [-0.15, -0.1) is 24.0 Å². The minimum Gasteiger partial charge on any atom is -0.355 e. The molecule has 0 saturated carbocycles. The predicted octanol–water partition coefficient (Wildman–Crippen LogP) is -0.0862. The number of nitrogens with zero attached hydrogens (tertiary/aromatic N) is 2. The van der Waals surface area contributed by atoms with Gasteiger partial charge < -0.3 is 10.6 Å². The Kier molecular flexibility index (Phi) is 9.42. The van der Waals surface area contributed by atoms with Gasteiger partial charge in [0.1, 0.15) is 0 Å². The van der Waals surface area contributed by atoms with Gasteiger partial charge in [-0.2, -0.15) is 0 Å². The summed E-state index contributed by atoms with van der Waals surface area (Å²) in [5.41, 5.74) is 0.903. The number of hydrogen-bond acceptors (Lipinski definition) is 4. The number of rotatable bonds is 6. The molecule has 0 aliphatic heterocycles. The average molecular weight is 413 g/mol. The lowest BCUT2D eigenvalue weighted by Gasteiger charge is -2.11. The molecule has 1 rings (SSSR count). The minimum atomic E-state index is -3.14. The van der Waals surface area contributed by atoms with E-state index in [4.69, 9.17) is 0 Å². The van der Waals surface area contributed by atoms with Crippen molar-refractivity contribution in [2.45, 2.75) is 6.54 Å². The molecule has 0 fully saturated rings. The zero-order valence-corrected chi connectivity index (χ0v) is 14.6. The second kappa shape index (κ2) is 9.88. The highest BCUT2D eigenvalue weighted by molar-refractivity contribution is 14.0.